The fourth-order valence-corrected chi connectivity index (χ4v) is 1.53. The predicted molar refractivity (Wildman–Crippen MR) is 57.8 cm³/mol. The molecule has 16 heavy (non-hydrogen) atoms. The van der Waals surface area contributed by atoms with Gasteiger partial charge in [0.1, 0.15) is 12.1 Å². The fourth-order valence-electron chi connectivity index (χ4n) is 1.53. The third-order valence-electron chi connectivity index (χ3n) is 2.37. The number of aromatic nitrogens is 4. The van der Waals surface area contributed by atoms with E-state index in [0.29, 0.717) is 11.3 Å². The number of nitrogens with zero attached hydrogens (tertiary/aromatic N) is 4. The highest BCUT2D eigenvalue weighted by Gasteiger charge is 2.18. The smallest absolute Gasteiger partial charge is 0.143 e. The molecule has 4 nitrogen and oxygen atoms in total. The highest BCUT2D eigenvalue weighted by atomic mass is 19.1. The van der Waals surface area contributed by atoms with Crippen molar-refractivity contribution in [3.05, 3.63) is 35.9 Å². The first-order valence-electron chi connectivity index (χ1n) is 5.02. The van der Waals surface area contributed by atoms with Gasteiger partial charge in [-0.15, -0.1) is 5.10 Å². The Morgan fingerprint density at radius 2 is 2.00 bits per heavy atom. The van der Waals surface area contributed by atoms with E-state index < -0.39 is 0 Å². The second-order valence-electron chi connectivity index (χ2n) is 4.67. The SMILES string of the molecule is CC(C)(C)c1ccc(-n2cnnn2)cc1F. The van der Waals surface area contributed by atoms with Gasteiger partial charge in [-0.2, -0.15) is 0 Å². The van der Waals surface area contributed by atoms with Crippen molar-refractivity contribution in [2.45, 2.75) is 26.2 Å². The van der Waals surface area contributed by atoms with Gasteiger partial charge in [-0.3, -0.25) is 0 Å². The Hall–Kier alpha value is -1.78. The molecule has 0 aliphatic heterocycles. The van der Waals surface area contributed by atoms with Crippen molar-refractivity contribution in [1.29, 1.82) is 0 Å². The minimum Gasteiger partial charge on any atom is -0.207 e. The van der Waals surface area contributed by atoms with Gasteiger partial charge >= 0.3 is 0 Å². The Labute approximate surface area is 93.1 Å². The summed E-state index contributed by atoms with van der Waals surface area (Å²) >= 11 is 0. The molecule has 0 N–H and O–H groups in total. The average molecular weight is 220 g/mol. The fraction of sp³-hybridized carbons (Fsp3) is 0.364. The van der Waals surface area contributed by atoms with Crippen LogP contribution in [0.15, 0.2) is 24.5 Å². The maximum atomic E-state index is 13.9. The highest BCUT2D eigenvalue weighted by molar-refractivity contribution is 5.37. The van der Waals surface area contributed by atoms with Crippen LogP contribution in [-0.2, 0) is 5.41 Å². The molecule has 0 unspecified atom stereocenters. The summed E-state index contributed by atoms with van der Waals surface area (Å²) in [5.74, 6) is -0.236. The highest BCUT2D eigenvalue weighted by Crippen LogP contribution is 2.26. The number of rotatable bonds is 1. The number of benzene rings is 1. The largest absolute Gasteiger partial charge is 0.207 e. The molecule has 0 bridgehead atoms. The lowest BCUT2D eigenvalue weighted by Crippen LogP contribution is -2.14. The van der Waals surface area contributed by atoms with E-state index in [4.69, 9.17) is 0 Å². The normalized spacial score (nSPS) is 11.8. The van der Waals surface area contributed by atoms with Crippen LogP contribution in [0, 0.1) is 5.82 Å². The molecule has 84 valence electrons. The van der Waals surface area contributed by atoms with E-state index in [0.717, 1.165) is 0 Å². The van der Waals surface area contributed by atoms with Crippen molar-refractivity contribution in [3.63, 3.8) is 0 Å². The summed E-state index contributed by atoms with van der Waals surface area (Å²) in [4.78, 5) is 0. The van der Waals surface area contributed by atoms with E-state index in [1.165, 1.54) is 17.1 Å². The maximum absolute atomic E-state index is 13.9. The molecular weight excluding hydrogens is 207 g/mol. The summed E-state index contributed by atoms with van der Waals surface area (Å²) in [5.41, 5.74) is 1.10. The third kappa shape index (κ3) is 1.93. The Balaban J connectivity index is 2.45. The minimum absolute atomic E-state index is 0.205. The van der Waals surface area contributed by atoms with Crippen molar-refractivity contribution in [1.82, 2.24) is 20.2 Å². The lowest BCUT2D eigenvalue weighted by molar-refractivity contribution is 0.522. The second-order valence-corrected chi connectivity index (χ2v) is 4.67. The molecule has 0 atom stereocenters. The first-order chi connectivity index (χ1) is 7.48. The minimum atomic E-state index is -0.236. The second kappa shape index (κ2) is 3.66. The number of hydrogen-bond acceptors (Lipinski definition) is 3. The molecule has 1 heterocycles. The molecule has 5 heteroatoms. The summed E-state index contributed by atoms with van der Waals surface area (Å²) < 4.78 is 15.3. The van der Waals surface area contributed by atoms with Crippen LogP contribution in [0.5, 0.6) is 0 Å². The molecule has 0 radical (unpaired) electrons. The Morgan fingerprint density at radius 1 is 1.25 bits per heavy atom. The van der Waals surface area contributed by atoms with Gasteiger partial charge in [0.15, 0.2) is 0 Å². The number of tetrazole rings is 1. The summed E-state index contributed by atoms with van der Waals surface area (Å²) in [5, 5.41) is 10.7. The molecule has 0 aliphatic carbocycles. The Kier molecular flexibility index (Phi) is 2.46. The van der Waals surface area contributed by atoms with E-state index in [9.17, 15) is 4.39 Å². The predicted octanol–water partition coefficient (Wildman–Crippen LogP) is 2.10. The lowest BCUT2D eigenvalue weighted by atomic mass is 9.86. The molecule has 2 rings (SSSR count). The molecular formula is C11H13FN4. The number of halogens is 1. The van der Waals surface area contributed by atoms with E-state index in [1.807, 2.05) is 20.8 Å². The van der Waals surface area contributed by atoms with Gasteiger partial charge < -0.3 is 0 Å². The summed E-state index contributed by atoms with van der Waals surface area (Å²) in [6.07, 6.45) is 1.44. The summed E-state index contributed by atoms with van der Waals surface area (Å²) in [6.45, 7) is 5.92. The zero-order valence-electron chi connectivity index (χ0n) is 9.48. The zero-order chi connectivity index (χ0) is 11.8. The maximum Gasteiger partial charge on any atom is 0.143 e. The van der Waals surface area contributed by atoms with Crippen LogP contribution in [0.4, 0.5) is 4.39 Å². The summed E-state index contributed by atoms with van der Waals surface area (Å²) in [7, 11) is 0. The van der Waals surface area contributed by atoms with Gasteiger partial charge in [-0.1, -0.05) is 26.8 Å². The van der Waals surface area contributed by atoms with Gasteiger partial charge in [0.25, 0.3) is 0 Å². The van der Waals surface area contributed by atoms with Crippen LogP contribution in [0.3, 0.4) is 0 Å². The lowest BCUT2D eigenvalue weighted by Gasteiger charge is -2.20. The molecule has 1 aromatic carbocycles. The quantitative estimate of drug-likeness (QED) is 0.739. The van der Waals surface area contributed by atoms with Gasteiger partial charge in [0.05, 0.1) is 5.69 Å². The standard InChI is InChI=1S/C11H13FN4/c1-11(2,3)9-5-4-8(6-10(9)12)16-7-13-14-15-16/h4-7H,1-3H3. The molecule has 0 fully saturated rings. The van der Waals surface area contributed by atoms with Crippen molar-refractivity contribution in [2.75, 3.05) is 0 Å². The van der Waals surface area contributed by atoms with Crippen LogP contribution < -0.4 is 0 Å². The van der Waals surface area contributed by atoms with Crippen molar-refractivity contribution in [3.8, 4) is 5.69 Å². The molecule has 0 saturated heterocycles. The first-order valence-corrected chi connectivity index (χ1v) is 5.02. The first kappa shape index (κ1) is 10.7. The Bertz CT molecular complexity index is 485. The monoisotopic (exact) mass is 220 g/mol. The molecule has 2 aromatic rings. The molecule has 0 aliphatic rings. The van der Waals surface area contributed by atoms with Crippen molar-refractivity contribution < 1.29 is 4.39 Å². The molecule has 0 saturated carbocycles. The van der Waals surface area contributed by atoms with Gasteiger partial charge in [-0.25, -0.2) is 9.07 Å². The topological polar surface area (TPSA) is 43.6 Å². The molecule has 0 spiro atoms. The average Bonchev–Trinajstić information content (AvgIpc) is 2.68. The zero-order valence-corrected chi connectivity index (χ0v) is 9.48. The van der Waals surface area contributed by atoms with Gasteiger partial charge in [0, 0.05) is 0 Å². The van der Waals surface area contributed by atoms with E-state index >= 15 is 0 Å². The van der Waals surface area contributed by atoms with Crippen LogP contribution >= 0.6 is 0 Å². The van der Waals surface area contributed by atoms with Crippen LogP contribution in [0.2, 0.25) is 0 Å². The Morgan fingerprint density at radius 3 is 2.50 bits per heavy atom. The van der Waals surface area contributed by atoms with Crippen LogP contribution in [0.1, 0.15) is 26.3 Å². The molecule has 1 aromatic heterocycles. The van der Waals surface area contributed by atoms with Gasteiger partial charge in [-0.05, 0) is 33.5 Å². The van der Waals surface area contributed by atoms with Crippen LogP contribution in [-0.4, -0.2) is 20.2 Å². The van der Waals surface area contributed by atoms with Crippen molar-refractivity contribution >= 4 is 0 Å². The molecule has 0 amide bonds. The number of hydrogen-bond donors (Lipinski definition) is 0. The van der Waals surface area contributed by atoms with Crippen LogP contribution in [0.25, 0.3) is 5.69 Å². The van der Waals surface area contributed by atoms with E-state index in [2.05, 4.69) is 15.5 Å². The van der Waals surface area contributed by atoms with E-state index in [-0.39, 0.29) is 11.2 Å². The van der Waals surface area contributed by atoms with Crippen molar-refractivity contribution in [2.24, 2.45) is 0 Å². The van der Waals surface area contributed by atoms with Gasteiger partial charge in [0.2, 0.25) is 0 Å². The third-order valence-corrected chi connectivity index (χ3v) is 2.37. The summed E-state index contributed by atoms with van der Waals surface area (Å²) in [6, 6.07) is 5.02. The van der Waals surface area contributed by atoms with E-state index in [1.54, 1.807) is 12.1 Å².